The molecule has 1 saturated heterocycles. The van der Waals surface area contributed by atoms with Crippen LogP contribution in [0, 0.1) is 0 Å². The monoisotopic (exact) mass is 387 g/mol. The Morgan fingerprint density at radius 2 is 1.86 bits per heavy atom. The molecule has 1 aromatic heterocycles. The smallest absolute Gasteiger partial charge is 0.223 e. The first-order valence-electron chi connectivity index (χ1n) is 10.8. The molecule has 5 rings (SSSR count). The van der Waals surface area contributed by atoms with Crippen LogP contribution < -0.4 is 10.2 Å². The lowest BCUT2D eigenvalue weighted by Gasteiger charge is -2.38. The maximum Gasteiger partial charge on any atom is 0.223 e. The van der Waals surface area contributed by atoms with Gasteiger partial charge in [-0.25, -0.2) is 0 Å². The number of benzene rings is 2. The summed E-state index contributed by atoms with van der Waals surface area (Å²) in [7, 11) is 0. The van der Waals surface area contributed by atoms with E-state index in [1.54, 1.807) is 6.92 Å². The van der Waals surface area contributed by atoms with Crippen LogP contribution in [0.15, 0.2) is 54.6 Å². The Hall–Kier alpha value is -2.59. The Morgan fingerprint density at radius 3 is 2.66 bits per heavy atom. The Morgan fingerprint density at radius 1 is 1.10 bits per heavy atom. The van der Waals surface area contributed by atoms with Gasteiger partial charge in [0.1, 0.15) is 0 Å². The Bertz CT molecular complexity index is 998. The molecule has 0 spiro atoms. The van der Waals surface area contributed by atoms with Crippen LogP contribution in [-0.2, 0) is 10.2 Å². The normalized spacial score (nSPS) is 20.7. The van der Waals surface area contributed by atoms with E-state index in [-0.39, 0.29) is 11.3 Å². The number of aromatic nitrogens is 1. The largest absolute Gasteiger partial charge is 0.358 e. The van der Waals surface area contributed by atoms with Gasteiger partial charge in [0.25, 0.3) is 0 Å². The molecule has 4 nitrogen and oxygen atoms in total. The second-order valence-corrected chi connectivity index (χ2v) is 8.72. The van der Waals surface area contributed by atoms with Crippen LogP contribution in [0.2, 0.25) is 0 Å². The lowest BCUT2D eigenvalue weighted by molar-refractivity contribution is -0.116. The number of hydrogen-bond donors (Lipinski definition) is 2. The summed E-state index contributed by atoms with van der Waals surface area (Å²) in [6.07, 6.45) is 4.57. The van der Waals surface area contributed by atoms with Crippen LogP contribution in [-0.4, -0.2) is 30.5 Å². The predicted molar refractivity (Wildman–Crippen MR) is 119 cm³/mol. The third-order valence-electron chi connectivity index (χ3n) is 7.08. The Labute approximate surface area is 172 Å². The molecule has 150 valence electrons. The molecule has 1 amide bonds. The fraction of sp³-hybridized carbons (Fsp3) is 0.400. The summed E-state index contributed by atoms with van der Waals surface area (Å²) in [4.78, 5) is 17.8. The van der Waals surface area contributed by atoms with Gasteiger partial charge < -0.3 is 15.2 Å². The molecule has 2 aliphatic heterocycles. The van der Waals surface area contributed by atoms with E-state index in [0.717, 1.165) is 51.0 Å². The quantitative estimate of drug-likeness (QED) is 0.680. The number of hydrogen-bond acceptors (Lipinski definition) is 2. The Kier molecular flexibility index (Phi) is 4.67. The number of aromatic amines is 1. The minimum absolute atomic E-state index is 0.146. The van der Waals surface area contributed by atoms with Crippen molar-refractivity contribution in [3.8, 4) is 0 Å². The van der Waals surface area contributed by atoms with Gasteiger partial charge in [-0.1, -0.05) is 36.4 Å². The van der Waals surface area contributed by atoms with Crippen molar-refractivity contribution >= 4 is 22.5 Å². The number of para-hydroxylation sites is 2. The first kappa shape index (κ1) is 18.4. The zero-order chi connectivity index (χ0) is 19.8. The maximum atomic E-state index is 12.2. The number of rotatable bonds is 4. The van der Waals surface area contributed by atoms with Gasteiger partial charge in [-0.15, -0.1) is 0 Å². The molecule has 2 N–H and O–H groups in total. The van der Waals surface area contributed by atoms with Crippen LogP contribution in [0.25, 0.3) is 10.9 Å². The number of carbonyl (C=O) groups is 1. The molecule has 0 saturated carbocycles. The van der Waals surface area contributed by atoms with Crippen molar-refractivity contribution in [2.24, 2.45) is 0 Å². The van der Waals surface area contributed by atoms with Gasteiger partial charge >= 0.3 is 0 Å². The Balaban J connectivity index is 1.43. The first-order valence-corrected chi connectivity index (χ1v) is 10.8. The lowest BCUT2D eigenvalue weighted by Crippen LogP contribution is -2.40. The summed E-state index contributed by atoms with van der Waals surface area (Å²) < 4.78 is 0. The van der Waals surface area contributed by atoms with E-state index in [9.17, 15) is 4.79 Å². The summed E-state index contributed by atoms with van der Waals surface area (Å²) in [6, 6.07) is 19.4. The minimum Gasteiger partial charge on any atom is -0.358 e. The topological polar surface area (TPSA) is 48.1 Å². The fourth-order valence-corrected chi connectivity index (χ4v) is 5.41. The molecule has 4 heteroatoms. The number of anilines is 1. The summed E-state index contributed by atoms with van der Waals surface area (Å²) in [5.41, 5.74) is 5.24. The number of fused-ring (bicyclic) bond motifs is 2. The van der Waals surface area contributed by atoms with Crippen molar-refractivity contribution in [1.29, 1.82) is 0 Å². The van der Waals surface area contributed by atoms with E-state index < -0.39 is 0 Å². The number of amides is 1. The number of piperidine rings is 1. The van der Waals surface area contributed by atoms with Gasteiger partial charge in [0, 0.05) is 41.7 Å². The van der Waals surface area contributed by atoms with E-state index >= 15 is 0 Å². The zero-order valence-corrected chi connectivity index (χ0v) is 17.1. The van der Waals surface area contributed by atoms with Crippen molar-refractivity contribution < 1.29 is 4.79 Å². The van der Waals surface area contributed by atoms with Gasteiger partial charge in [0.2, 0.25) is 5.91 Å². The van der Waals surface area contributed by atoms with Crippen LogP contribution >= 0.6 is 0 Å². The highest BCUT2D eigenvalue weighted by atomic mass is 16.2. The third kappa shape index (κ3) is 3.25. The molecular weight excluding hydrogens is 358 g/mol. The molecule has 0 radical (unpaired) electrons. The molecular formula is C25H29N3O. The second kappa shape index (κ2) is 7.34. The van der Waals surface area contributed by atoms with Crippen molar-refractivity contribution in [3.05, 3.63) is 65.9 Å². The highest BCUT2D eigenvalue weighted by molar-refractivity contribution is 5.94. The molecule has 1 unspecified atom stereocenters. The summed E-state index contributed by atoms with van der Waals surface area (Å²) >= 11 is 0. The first-order chi connectivity index (χ1) is 14.2. The molecule has 0 bridgehead atoms. The van der Waals surface area contributed by atoms with E-state index in [4.69, 9.17) is 0 Å². The fourth-order valence-electron chi connectivity index (χ4n) is 5.41. The highest BCUT2D eigenvalue weighted by Crippen LogP contribution is 2.44. The van der Waals surface area contributed by atoms with Crippen LogP contribution in [0.5, 0.6) is 0 Å². The standard InChI is InChI=1S/C25H29N3O/c1-18(29)28-17-20(21-7-3-5-9-23(21)28)10-11-25(12-14-26-15-13-25)24-16-19-6-2-4-8-22(19)27-24/h2-9,16,20,26-27H,10-15,17H2,1H3. The molecule has 2 aliphatic rings. The highest BCUT2D eigenvalue weighted by Gasteiger charge is 2.38. The van der Waals surface area contributed by atoms with Gasteiger partial charge in [-0.2, -0.15) is 0 Å². The van der Waals surface area contributed by atoms with Gasteiger partial charge in [-0.05, 0) is 67.9 Å². The summed E-state index contributed by atoms with van der Waals surface area (Å²) in [5, 5.41) is 4.84. The SMILES string of the molecule is CC(=O)N1CC(CCC2(c3cc4ccccc4[nH]3)CCNCC2)c2ccccc21. The third-order valence-corrected chi connectivity index (χ3v) is 7.08. The van der Waals surface area contributed by atoms with Gasteiger partial charge in [0.15, 0.2) is 0 Å². The summed E-state index contributed by atoms with van der Waals surface area (Å²) in [5.74, 6) is 0.568. The number of nitrogens with zero attached hydrogens (tertiary/aromatic N) is 1. The maximum absolute atomic E-state index is 12.2. The van der Waals surface area contributed by atoms with Crippen molar-refractivity contribution in [1.82, 2.24) is 10.3 Å². The average Bonchev–Trinajstić information content (AvgIpc) is 3.35. The second-order valence-electron chi connectivity index (χ2n) is 8.72. The molecule has 0 aliphatic carbocycles. The van der Waals surface area contributed by atoms with E-state index in [0.29, 0.717) is 5.92 Å². The predicted octanol–water partition coefficient (Wildman–Crippen LogP) is 4.72. The van der Waals surface area contributed by atoms with E-state index in [1.807, 2.05) is 11.0 Å². The van der Waals surface area contributed by atoms with Crippen LogP contribution in [0.1, 0.15) is 49.8 Å². The zero-order valence-electron chi connectivity index (χ0n) is 17.1. The summed E-state index contributed by atoms with van der Waals surface area (Å²) in [6.45, 7) is 4.63. The molecule has 1 fully saturated rings. The minimum atomic E-state index is 0.146. The van der Waals surface area contributed by atoms with Crippen molar-refractivity contribution in [2.75, 3.05) is 24.5 Å². The molecule has 29 heavy (non-hydrogen) atoms. The van der Waals surface area contributed by atoms with E-state index in [1.165, 1.54) is 22.2 Å². The number of nitrogens with one attached hydrogen (secondary N) is 2. The van der Waals surface area contributed by atoms with Crippen LogP contribution in [0.3, 0.4) is 0 Å². The average molecular weight is 388 g/mol. The number of carbonyl (C=O) groups excluding carboxylic acids is 1. The molecule has 3 aromatic rings. The number of H-pyrrole nitrogens is 1. The van der Waals surface area contributed by atoms with Gasteiger partial charge in [-0.3, -0.25) is 4.79 Å². The van der Waals surface area contributed by atoms with E-state index in [2.05, 4.69) is 58.8 Å². The molecule has 2 aromatic carbocycles. The molecule has 3 heterocycles. The van der Waals surface area contributed by atoms with Crippen molar-refractivity contribution in [2.45, 2.75) is 43.9 Å². The van der Waals surface area contributed by atoms with Gasteiger partial charge in [0.05, 0.1) is 0 Å². The molecule has 1 atom stereocenters. The lowest BCUT2D eigenvalue weighted by atomic mass is 9.71. The van der Waals surface area contributed by atoms with Crippen LogP contribution in [0.4, 0.5) is 5.69 Å². The van der Waals surface area contributed by atoms with Crippen molar-refractivity contribution in [3.63, 3.8) is 0 Å².